The maximum absolute atomic E-state index is 12.4. The fraction of sp³-hybridized carbons (Fsp3) is 0.286. The van der Waals surface area contributed by atoms with Crippen molar-refractivity contribution < 1.29 is 18.3 Å². The predicted octanol–water partition coefficient (Wildman–Crippen LogP) is 4.88. The Bertz CT molecular complexity index is 1050. The van der Waals surface area contributed by atoms with Gasteiger partial charge in [0.1, 0.15) is 5.75 Å². The minimum absolute atomic E-state index is 0.0182. The molecule has 0 saturated heterocycles. The molecule has 32 heavy (non-hydrogen) atoms. The summed E-state index contributed by atoms with van der Waals surface area (Å²) in [6, 6.07) is 13.0. The van der Waals surface area contributed by atoms with Crippen molar-refractivity contribution in [3.63, 3.8) is 0 Å². The van der Waals surface area contributed by atoms with Crippen molar-refractivity contribution in [1.29, 1.82) is 0 Å². The van der Waals surface area contributed by atoms with Gasteiger partial charge in [0.25, 0.3) is 0 Å². The summed E-state index contributed by atoms with van der Waals surface area (Å²) in [5.41, 5.74) is 1.30. The standard InChI is InChI=1S/C21H22ClF2N5O2S/c1-13(28(2)3)19-26-27-21(29(19)16-8-4-14(22)5-9-16)32-12-18(30)25-15-6-10-17(11-7-15)31-20(23)24/h4-11,13,20H,12H2,1-3H3,(H,25,30). The molecule has 11 heteroatoms. The number of nitrogens with one attached hydrogen (secondary N) is 1. The number of alkyl halides is 2. The summed E-state index contributed by atoms with van der Waals surface area (Å²) in [6.45, 7) is -0.885. The fourth-order valence-electron chi connectivity index (χ4n) is 2.76. The highest BCUT2D eigenvalue weighted by molar-refractivity contribution is 7.99. The van der Waals surface area contributed by atoms with Crippen LogP contribution < -0.4 is 10.1 Å². The maximum Gasteiger partial charge on any atom is 0.387 e. The Morgan fingerprint density at radius 1 is 1.16 bits per heavy atom. The van der Waals surface area contributed by atoms with Crippen LogP contribution in [-0.2, 0) is 4.79 Å². The first-order valence-electron chi connectivity index (χ1n) is 9.60. The van der Waals surface area contributed by atoms with Crippen molar-refractivity contribution in [3.8, 4) is 11.4 Å². The van der Waals surface area contributed by atoms with Crippen molar-refractivity contribution in [2.75, 3.05) is 25.2 Å². The number of nitrogens with zero attached hydrogens (tertiary/aromatic N) is 4. The Labute approximate surface area is 193 Å². The van der Waals surface area contributed by atoms with E-state index in [0.29, 0.717) is 15.9 Å². The van der Waals surface area contributed by atoms with E-state index in [1.807, 2.05) is 42.6 Å². The Hall–Kier alpha value is -2.69. The Morgan fingerprint density at radius 3 is 2.41 bits per heavy atom. The molecule has 7 nitrogen and oxygen atoms in total. The number of hydrogen-bond donors (Lipinski definition) is 1. The van der Waals surface area contributed by atoms with Crippen LogP contribution in [0.1, 0.15) is 18.8 Å². The van der Waals surface area contributed by atoms with Gasteiger partial charge in [0.15, 0.2) is 11.0 Å². The van der Waals surface area contributed by atoms with Crippen LogP contribution in [0.2, 0.25) is 5.02 Å². The van der Waals surface area contributed by atoms with Crippen molar-refractivity contribution in [3.05, 3.63) is 59.4 Å². The van der Waals surface area contributed by atoms with Crippen LogP contribution in [0.25, 0.3) is 5.69 Å². The molecule has 0 saturated carbocycles. The number of anilines is 1. The summed E-state index contributed by atoms with van der Waals surface area (Å²) in [5, 5.41) is 12.5. The highest BCUT2D eigenvalue weighted by Gasteiger charge is 2.21. The lowest BCUT2D eigenvalue weighted by Crippen LogP contribution is -2.21. The van der Waals surface area contributed by atoms with Crippen molar-refractivity contribution >= 4 is 35.0 Å². The molecule has 1 atom stereocenters. The van der Waals surface area contributed by atoms with Crippen LogP contribution in [0, 0.1) is 0 Å². The summed E-state index contributed by atoms with van der Waals surface area (Å²) in [6.07, 6.45) is 0. The summed E-state index contributed by atoms with van der Waals surface area (Å²) in [7, 11) is 3.90. The van der Waals surface area contributed by atoms with Gasteiger partial charge in [-0.1, -0.05) is 23.4 Å². The zero-order valence-electron chi connectivity index (χ0n) is 17.6. The maximum atomic E-state index is 12.4. The topological polar surface area (TPSA) is 72.3 Å². The van der Waals surface area contributed by atoms with Gasteiger partial charge in [-0.3, -0.25) is 14.3 Å². The van der Waals surface area contributed by atoms with Gasteiger partial charge in [0.2, 0.25) is 5.91 Å². The lowest BCUT2D eigenvalue weighted by atomic mass is 10.2. The molecule has 0 aliphatic carbocycles. The van der Waals surface area contributed by atoms with Gasteiger partial charge in [-0.15, -0.1) is 10.2 Å². The number of ether oxygens (including phenoxy) is 1. The van der Waals surface area contributed by atoms with E-state index in [9.17, 15) is 13.6 Å². The summed E-state index contributed by atoms with van der Waals surface area (Å²) in [5.74, 6) is 0.559. The molecule has 170 valence electrons. The van der Waals surface area contributed by atoms with Crippen LogP contribution >= 0.6 is 23.4 Å². The second-order valence-electron chi connectivity index (χ2n) is 7.03. The largest absolute Gasteiger partial charge is 0.435 e. The van der Waals surface area contributed by atoms with E-state index in [0.717, 1.165) is 11.5 Å². The third-order valence-corrected chi connectivity index (χ3v) is 5.77. The molecular weight excluding hydrogens is 460 g/mol. The molecule has 1 unspecified atom stereocenters. The summed E-state index contributed by atoms with van der Waals surface area (Å²) in [4.78, 5) is 14.4. The molecule has 2 aromatic carbocycles. The normalized spacial score (nSPS) is 12.2. The van der Waals surface area contributed by atoms with E-state index in [-0.39, 0.29) is 23.5 Å². The van der Waals surface area contributed by atoms with Crippen molar-refractivity contribution in [2.45, 2.75) is 24.7 Å². The molecule has 0 radical (unpaired) electrons. The third-order valence-electron chi connectivity index (χ3n) is 4.59. The smallest absolute Gasteiger partial charge is 0.387 e. The number of halogens is 3. The molecule has 0 spiro atoms. The SMILES string of the molecule is CC(c1nnc(SCC(=O)Nc2ccc(OC(F)F)cc2)n1-c1ccc(Cl)cc1)N(C)C. The van der Waals surface area contributed by atoms with E-state index in [1.165, 1.54) is 36.0 Å². The van der Waals surface area contributed by atoms with E-state index in [1.54, 1.807) is 12.1 Å². The minimum atomic E-state index is -2.90. The molecule has 0 bridgehead atoms. The highest BCUT2D eigenvalue weighted by Crippen LogP contribution is 2.28. The monoisotopic (exact) mass is 481 g/mol. The molecular formula is C21H22ClF2N5O2S. The molecule has 1 heterocycles. The van der Waals surface area contributed by atoms with Crippen LogP contribution in [-0.4, -0.2) is 52.0 Å². The molecule has 0 aliphatic heterocycles. The highest BCUT2D eigenvalue weighted by atomic mass is 35.5. The van der Waals surface area contributed by atoms with Crippen LogP contribution in [0.5, 0.6) is 5.75 Å². The molecule has 1 aromatic heterocycles. The van der Waals surface area contributed by atoms with Gasteiger partial charge in [-0.2, -0.15) is 8.78 Å². The first kappa shape index (κ1) is 24.0. The summed E-state index contributed by atoms with van der Waals surface area (Å²) >= 11 is 7.26. The van der Waals surface area contributed by atoms with E-state index in [4.69, 9.17) is 11.6 Å². The lowest BCUT2D eigenvalue weighted by Gasteiger charge is -2.20. The number of thioether (sulfide) groups is 1. The molecule has 1 amide bonds. The van der Waals surface area contributed by atoms with Gasteiger partial charge < -0.3 is 10.1 Å². The number of benzene rings is 2. The second-order valence-corrected chi connectivity index (χ2v) is 8.41. The lowest BCUT2D eigenvalue weighted by molar-refractivity contribution is -0.113. The van der Waals surface area contributed by atoms with E-state index >= 15 is 0 Å². The zero-order chi connectivity index (χ0) is 23.3. The van der Waals surface area contributed by atoms with E-state index in [2.05, 4.69) is 20.3 Å². The number of carbonyl (C=O) groups is 1. The average Bonchev–Trinajstić information content (AvgIpc) is 3.17. The van der Waals surface area contributed by atoms with Gasteiger partial charge >= 0.3 is 6.61 Å². The predicted molar refractivity (Wildman–Crippen MR) is 121 cm³/mol. The van der Waals surface area contributed by atoms with Gasteiger partial charge in [0.05, 0.1) is 11.8 Å². The van der Waals surface area contributed by atoms with E-state index < -0.39 is 6.61 Å². The van der Waals surface area contributed by atoms with Crippen molar-refractivity contribution in [2.24, 2.45) is 0 Å². The summed E-state index contributed by atoms with van der Waals surface area (Å²) < 4.78 is 30.7. The Morgan fingerprint density at radius 2 is 1.81 bits per heavy atom. The number of carbonyl (C=O) groups excluding carboxylic acids is 1. The van der Waals surface area contributed by atoms with Gasteiger partial charge in [0, 0.05) is 16.4 Å². The number of amides is 1. The number of hydrogen-bond acceptors (Lipinski definition) is 6. The molecule has 1 N–H and O–H groups in total. The first-order valence-corrected chi connectivity index (χ1v) is 11.0. The average molecular weight is 482 g/mol. The van der Waals surface area contributed by atoms with Crippen LogP contribution in [0.15, 0.2) is 53.7 Å². The van der Waals surface area contributed by atoms with Gasteiger partial charge in [-0.05, 0) is 69.6 Å². The molecule has 3 rings (SSSR count). The number of aromatic nitrogens is 3. The second kappa shape index (κ2) is 10.8. The molecule has 3 aromatic rings. The Balaban J connectivity index is 1.72. The Kier molecular flexibility index (Phi) is 8.05. The van der Waals surface area contributed by atoms with Gasteiger partial charge in [-0.25, -0.2) is 0 Å². The van der Waals surface area contributed by atoms with Crippen LogP contribution in [0.3, 0.4) is 0 Å². The minimum Gasteiger partial charge on any atom is -0.435 e. The number of rotatable bonds is 9. The quantitative estimate of drug-likeness (QED) is 0.439. The third kappa shape index (κ3) is 6.18. The first-order chi connectivity index (χ1) is 15.2. The molecule has 0 aliphatic rings. The van der Waals surface area contributed by atoms with Crippen molar-refractivity contribution in [1.82, 2.24) is 19.7 Å². The fourth-order valence-corrected chi connectivity index (χ4v) is 3.64. The molecule has 0 fully saturated rings. The van der Waals surface area contributed by atoms with Crippen LogP contribution in [0.4, 0.5) is 14.5 Å². The zero-order valence-corrected chi connectivity index (χ0v) is 19.2.